The van der Waals surface area contributed by atoms with Gasteiger partial charge in [0.2, 0.25) is 0 Å². The number of hydrogen-bond donors (Lipinski definition) is 1. The quantitative estimate of drug-likeness (QED) is 0.906. The summed E-state index contributed by atoms with van der Waals surface area (Å²) in [5.41, 5.74) is 2.47. The van der Waals surface area contributed by atoms with Gasteiger partial charge in [-0.25, -0.2) is 0 Å². The number of benzene rings is 1. The smallest absolute Gasteiger partial charge is 0.0805 e. The maximum Gasteiger partial charge on any atom is 0.0805 e. The monoisotopic (exact) mass is 340 g/mol. The van der Waals surface area contributed by atoms with Crippen molar-refractivity contribution >= 4 is 21.6 Å². The molecule has 3 nitrogen and oxygen atoms in total. The fourth-order valence-corrected chi connectivity index (χ4v) is 3.50. The van der Waals surface area contributed by atoms with E-state index in [1.165, 1.54) is 11.3 Å². The molecule has 0 amide bonds. The number of nitrogens with zero attached hydrogens (tertiary/aromatic N) is 1. The Hall–Kier alpha value is -0.580. The van der Waals surface area contributed by atoms with Gasteiger partial charge in [-0.1, -0.05) is 13.0 Å². The first-order valence-electron chi connectivity index (χ1n) is 7.33. The zero-order valence-electron chi connectivity index (χ0n) is 12.9. The van der Waals surface area contributed by atoms with Crippen LogP contribution in [0.2, 0.25) is 0 Å². The zero-order valence-corrected chi connectivity index (χ0v) is 14.5. The van der Waals surface area contributed by atoms with Gasteiger partial charge < -0.3 is 15.0 Å². The lowest BCUT2D eigenvalue weighted by atomic mass is 10.0. The topological polar surface area (TPSA) is 24.5 Å². The average molecular weight is 341 g/mol. The van der Waals surface area contributed by atoms with Gasteiger partial charge in [0.05, 0.1) is 17.4 Å². The molecule has 1 atom stereocenters. The van der Waals surface area contributed by atoms with Crippen molar-refractivity contribution in [1.82, 2.24) is 5.32 Å². The maximum absolute atomic E-state index is 5.98. The Kier molecular flexibility index (Phi) is 5.10. The Balaban J connectivity index is 2.16. The van der Waals surface area contributed by atoms with Crippen molar-refractivity contribution in [3.05, 3.63) is 28.2 Å². The molecule has 0 aromatic heterocycles. The first-order valence-corrected chi connectivity index (χ1v) is 8.12. The van der Waals surface area contributed by atoms with Crippen molar-refractivity contribution in [1.29, 1.82) is 0 Å². The van der Waals surface area contributed by atoms with Crippen LogP contribution >= 0.6 is 15.9 Å². The fourth-order valence-electron chi connectivity index (χ4n) is 2.82. The fraction of sp³-hybridized carbons (Fsp3) is 0.625. The third-order valence-electron chi connectivity index (χ3n) is 3.50. The largest absolute Gasteiger partial charge is 0.369 e. The Morgan fingerprint density at radius 2 is 2.20 bits per heavy atom. The molecule has 0 bridgehead atoms. The van der Waals surface area contributed by atoms with Crippen LogP contribution in [0.3, 0.4) is 0 Å². The van der Waals surface area contributed by atoms with Crippen LogP contribution in [-0.4, -0.2) is 31.3 Å². The molecule has 0 radical (unpaired) electrons. The molecule has 20 heavy (non-hydrogen) atoms. The molecule has 1 aliphatic rings. The predicted molar refractivity (Wildman–Crippen MR) is 88.4 cm³/mol. The van der Waals surface area contributed by atoms with Gasteiger partial charge in [0.25, 0.3) is 0 Å². The molecule has 1 aromatic carbocycles. The zero-order chi connectivity index (χ0) is 14.8. The second kappa shape index (κ2) is 6.46. The second-order valence-electron chi connectivity index (χ2n) is 6.13. The normalized spacial score (nSPS) is 22.1. The van der Waals surface area contributed by atoms with E-state index in [4.69, 9.17) is 4.74 Å². The van der Waals surface area contributed by atoms with E-state index in [-0.39, 0.29) is 11.7 Å². The molecule has 0 aliphatic carbocycles. The number of rotatable bonds is 4. The van der Waals surface area contributed by atoms with Crippen molar-refractivity contribution < 1.29 is 4.74 Å². The minimum absolute atomic E-state index is 0.0977. The van der Waals surface area contributed by atoms with Crippen LogP contribution in [0.25, 0.3) is 0 Å². The van der Waals surface area contributed by atoms with Crippen LogP contribution in [0.4, 0.5) is 5.69 Å². The lowest BCUT2D eigenvalue weighted by Gasteiger charge is -2.43. The van der Waals surface area contributed by atoms with Gasteiger partial charge in [0.15, 0.2) is 0 Å². The van der Waals surface area contributed by atoms with E-state index in [0.717, 1.165) is 30.7 Å². The summed E-state index contributed by atoms with van der Waals surface area (Å²) in [6, 6.07) is 6.63. The minimum atomic E-state index is -0.0977. The molecule has 1 N–H and O–H groups in total. The van der Waals surface area contributed by atoms with Gasteiger partial charge in [0.1, 0.15) is 0 Å². The second-order valence-corrected chi connectivity index (χ2v) is 6.99. The van der Waals surface area contributed by atoms with Crippen molar-refractivity contribution in [3.63, 3.8) is 0 Å². The Bertz CT molecular complexity index is 462. The first kappa shape index (κ1) is 15.8. The average Bonchev–Trinajstić information content (AvgIpc) is 2.33. The van der Waals surface area contributed by atoms with Gasteiger partial charge in [-0.05, 0) is 60.9 Å². The van der Waals surface area contributed by atoms with Crippen LogP contribution < -0.4 is 10.2 Å². The van der Waals surface area contributed by atoms with Gasteiger partial charge in [0, 0.05) is 24.1 Å². The molecular formula is C16H25BrN2O. The van der Waals surface area contributed by atoms with Gasteiger partial charge in [-0.15, -0.1) is 0 Å². The summed E-state index contributed by atoms with van der Waals surface area (Å²) < 4.78 is 7.14. The molecule has 0 saturated carbocycles. The molecule has 1 saturated heterocycles. The Morgan fingerprint density at radius 1 is 1.45 bits per heavy atom. The number of anilines is 1. The summed E-state index contributed by atoms with van der Waals surface area (Å²) in [5.74, 6) is 0. The molecule has 1 aliphatic heterocycles. The van der Waals surface area contributed by atoms with E-state index < -0.39 is 0 Å². The van der Waals surface area contributed by atoms with E-state index >= 15 is 0 Å². The molecule has 1 aromatic rings. The van der Waals surface area contributed by atoms with Crippen molar-refractivity contribution in [2.45, 2.75) is 45.9 Å². The highest BCUT2D eigenvalue weighted by atomic mass is 79.9. The molecule has 112 valence electrons. The Morgan fingerprint density at radius 3 is 2.80 bits per heavy atom. The summed E-state index contributed by atoms with van der Waals surface area (Å²) in [6.07, 6.45) is 0.257. The summed E-state index contributed by atoms with van der Waals surface area (Å²) in [7, 11) is 0. The van der Waals surface area contributed by atoms with Crippen LogP contribution in [0.5, 0.6) is 0 Å². The Labute approximate surface area is 130 Å². The van der Waals surface area contributed by atoms with E-state index in [2.05, 4.69) is 72.0 Å². The molecule has 1 fully saturated rings. The van der Waals surface area contributed by atoms with Crippen molar-refractivity contribution in [3.8, 4) is 0 Å². The summed E-state index contributed by atoms with van der Waals surface area (Å²) >= 11 is 3.72. The van der Waals surface area contributed by atoms with Crippen LogP contribution in [0.1, 0.15) is 33.3 Å². The molecule has 4 heteroatoms. The van der Waals surface area contributed by atoms with E-state index in [9.17, 15) is 0 Å². The number of nitrogens with one attached hydrogen (secondary N) is 1. The molecule has 0 spiro atoms. The van der Waals surface area contributed by atoms with Gasteiger partial charge in [-0.3, -0.25) is 0 Å². The van der Waals surface area contributed by atoms with Crippen LogP contribution in [0.15, 0.2) is 22.7 Å². The standard InChI is InChI=1S/C16H25BrN2O/c1-5-18-9-13-6-7-15(14(17)8-13)19-10-12(2)20-16(3,4)11-19/h6-8,12,18H,5,9-11H2,1-4H3. The van der Waals surface area contributed by atoms with Crippen molar-refractivity contribution in [2.24, 2.45) is 0 Å². The van der Waals surface area contributed by atoms with E-state index in [1.54, 1.807) is 0 Å². The number of morpholine rings is 1. The summed E-state index contributed by atoms with van der Waals surface area (Å²) in [5, 5.41) is 3.36. The SMILES string of the molecule is CCNCc1ccc(N2CC(C)OC(C)(C)C2)c(Br)c1. The summed E-state index contributed by atoms with van der Waals surface area (Å²) in [4.78, 5) is 2.41. The highest BCUT2D eigenvalue weighted by molar-refractivity contribution is 9.10. The molecule has 1 unspecified atom stereocenters. The number of ether oxygens (including phenoxy) is 1. The van der Waals surface area contributed by atoms with E-state index in [0.29, 0.717) is 0 Å². The lowest BCUT2D eigenvalue weighted by molar-refractivity contribution is -0.0750. The first-order chi connectivity index (χ1) is 9.41. The number of halogens is 1. The van der Waals surface area contributed by atoms with E-state index in [1.807, 2.05) is 0 Å². The van der Waals surface area contributed by atoms with Crippen LogP contribution in [0, 0.1) is 0 Å². The third kappa shape index (κ3) is 3.96. The van der Waals surface area contributed by atoms with Crippen LogP contribution in [-0.2, 0) is 11.3 Å². The lowest BCUT2D eigenvalue weighted by Crippen LogP contribution is -2.52. The maximum atomic E-state index is 5.98. The number of hydrogen-bond acceptors (Lipinski definition) is 3. The highest BCUT2D eigenvalue weighted by Gasteiger charge is 2.32. The summed E-state index contributed by atoms with van der Waals surface area (Å²) in [6.45, 7) is 12.3. The molecular weight excluding hydrogens is 316 g/mol. The predicted octanol–water partition coefficient (Wildman–Crippen LogP) is 3.56. The van der Waals surface area contributed by atoms with Gasteiger partial charge >= 0.3 is 0 Å². The molecule has 1 heterocycles. The van der Waals surface area contributed by atoms with Gasteiger partial charge in [-0.2, -0.15) is 0 Å². The third-order valence-corrected chi connectivity index (χ3v) is 4.14. The minimum Gasteiger partial charge on any atom is -0.369 e. The van der Waals surface area contributed by atoms with Crippen molar-refractivity contribution in [2.75, 3.05) is 24.5 Å². The highest BCUT2D eigenvalue weighted by Crippen LogP contribution is 2.32. The molecule has 2 rings (SSSR count).